The van der Waals surface area contributed by atoms with Gasteiger partial charge in [0.2, 0.25) is 0 Å². The van der Waals surface area contributed by atoms with Crippen LogP contribution in [0.25, 0.3) is 6.08 Å². The Hall–Kier alpha value is -2.50. The normalized spacial score (nSPS) is 15.8. The molecule has 128 valence electrons. The number of phenolic OH excluding ortho intramolecular Hbond substituents is 1. The minimum absolute atomic E-state index is 0.0475. The third-order valence-corrected chi connectivity index (χ3v) is 4.25. The second-order valence-electron chi connectivity index (χ2n) is 5.69. The number of nitrogens with zero attached hydrogens (tertiary/aromatic N) is 1. The second-order valence-corrected chi connectivity index (χ2v) is 6.54. The van der Waals surface area contributed by atoms with Gasteiger partial charge in [-0.05, 0) is 30.7 Å². The molecule has 1 saturated heterocycles. The molecule has 1 aliphatic rings. The molecule has 0 radical (unpaired) electrons. The van der Waals surface area contributed by atoms with E-state index in [2.05, 4.69) is 5.32 Å². The van der Waals surface area contributed by atoms with Crippen molar-refractivity contribution in [2.45, 2.75) is 13.5 Å². The Morgan fingerprint density at radius 1 is 1.20 bits per heavy atom. The van der Waals surface area contributed by atoms with Crippen LogP contribution in [0.1, 0.15) is 16.7 Å². The summed E-state index contributed by atoms with van der Waals surface area (Å²) in [5, 5.41) is 12.9. The van der Waals surface area contributed by atoms with E-state index in [0.717, 1.165) is 16.0 Å². The number of amides is 3. The van der Waals surface area contributed by atoms with Gasteiger partial charge in [-0.3, -0.25) is 9.69 Å². The molecule has 3 rings (SSSR count). The molecule has 1 heterocycles. The highest BCUT2D eigenvalue weighted by Crippen LogP contribution is 2.33. The van der Waals surface area contributed by atoms with Gasteiger partial charge in [0.1, 0.15) is 11.4 Å². The van der Waals surface area contributed by atoms with Gasteiger partial charge >= 0.3 is 6.03 Å². The first-order chi connectivity index (χ1) is 11.8. The van der Waals surface area contributed by atoms with Crippen molar-refractivity contribution < 1.29 is 14.7 Å². The van der Waals surface area contributed by atoms with Crippen LogP contribution in [0.5, 0.6) is 5.75 Å². The van der Waals surface area contributed by atoms with Crippen LogP contribution >= 0.6 is 23.2 Å². The lowest BCUT2D eigenvalue weighted by atomic mass is 10.1. The third kappa shape index (κ3) is 3.62. The SMILES string of the molecule is Cc1cccc(CN2C(=O)N/C(=C/c3cc(Cl)cc(Cl)c3O)C2=O)c1. The predicted molar refractivity (Wildman–Crippen MR) is 96.4 cm³/mol. The van der Waals surface area contributed by atoms with Crippen molar-refractivity contribution in [3.05, 3.63) is 68.8 Å². The summed E-state index contributed by atoms with van der Waals surface area (Å²) in [5.41, 5.74) is 2.18. The molecule has 1 aliphatic heterocycles. The number of benzene rings is 2. The van der Waals surface area contributed by atoms with Crippen molar-refractivity contribution in [1.82, 2.24) is 10.2 Å². The lowest BCUT2D eigenvalue weighted by molar-refractivity contribution is -0.123. The zero-order valence-electron chi connectivity index (χ0n) is 13.2. The number of hydrogen-bond donors (Lipinski definition) is 2. The average molecular weight is 377 g/mol. The highest BCUT2D eigenvalue weighted by molar-refractivity contribution is 6.36. The first-order valence-corrected chi connectivity index (χ1v) is 8.19. The highest BCUT2D eigenvalue weighted by Gasteiger charge is 2.33. The number of rotatable bonds is 3. The lowest BCUT2D eigenvalue weighted by Crippen LogP contribution is -2.30. The molecule has 25 heavy (non-hydrogen) atoms. The quantitative estimate of drug-likeness (QED) is 0.625. The van der Waals surface area contributed by atoms with Crippen LogP contribution in [0.3, 0.4) is 0 Å². The van der Waals surface area contributed by atoms with E-state index < -0.39 is 11.9 Å². The van der Waals surface area contributed by atoms with E-state index in [-0.39, 0.29) is 28.6 Å². The molecule has 3 amide bonds. The smallest absolute Gasteiger partial charge is 0.329 e. The molecule has 2 aromatic carbocycles. The number of nitrogens with one attached hydrogen (secondary N) is 1. The number of imide groups is 1. The number of hydrogen-bond acceptors (Lipinski definition) is 3. The first kappa shape index (κ1) is 17.3. The summed E-state index contributed by atoms with van der Waals surface area (Å²) < 4.78 is 0. The third-order valence-electron chi connectivity index (χ3n) is 3.74. The number of urea groups is 1. The van der Waals surface area contributed by atoms with Crippen molar-refractivity contribution in [2.75, 3.05) is 0 Å². The van der Waals surface area contributed by atoms with Crippen molar-refractivity contribution in [2.24, 2.45) is 0 Å². The molecule has 2 aromatic rings. The minimum Gasteiger partial charge on any atom is -0.506 e. The predicted octanol–water partition coefficient (Wildman–Crippen LogP) is 4.10. The molecular weight excluding hydrogens is 363 g/mol. The zero-order valence-corrected chi connectivity index (χ0v) is 14.7. The van der Waals surface area contributed by atoms with Gasteiger partial charge in [0.25, 0.3) is 5.91 Å². The Morgan fingerprint density at radius 2 is 1.96 bits per heavy atom. The van der Waals surface area contributed by atoms with Crippen molar-refractivity contribution in [3.8, 4) is 5.75 Å². The van der Waals surface area contributed by atoms with Gasteiger partial charge in [-0.25, -0.2) is 4.79 Å². The number of carbonyl (C=O) groups excluding carboxylic acids is 2. The maximum atomic E-state index is 12.5. The van der Waals surface area contributed by atoms with Gasteiger partial charge in [-0.15, -0.1) is 0 Å². The molecule has 5 nitrogen and oxygen atoms in total. The van der Waals surface area contributed by atoms with Crippen molar-refractivity contribution in [1.29, 1.82) is 0 Å². The molecule has 7 heteroatoms. The summed E-state index contributed by atoms with van der Waals surface area (Å²) in [6, 6.07) is 9.88. The Balaban J connectivity index is 1.89. The molecule has 0 atom stereocenters. The van der Waals surface area contributed by atoms with E-state index in [1.165, 1.54) is 18.2 Å². The number of aromatic hydroxyl groups is 1. The van der Waals surface area contributed by atoms with Crippen LogP contribution in [0.2, 0.25) is 10.0 Å². The number of aryl methyl sites for hydroxylation is 1. The number of carbonyl (C=O) groups is 2. The Morgan fingerprint density at radius 3 is 2.68 bits per heavy atom. The standard InChI is InChI=1S/C18H14Cl2N2O3/c1-10-3-2-4-11(5-10)9-22-17(24)15(21-18(22)25)7-12-6-13(19)8-14(20)16(12)23/h2-8,23H,9H2,1H3,(H,21,25)/b15-7+. The Kier molecular flexibility index (Phi) is 4.70. The Labute approximate surface area is 154 Å². The van der Waals surface area contributed by atoms with E-state index in [9.17, 15) is 14.7 Å². The van der Waals surface area contributed by atoms with Crippen molar-refractivity contribution >= 4 is 41.2 Å². The van der Waals surface area contributed by atoms with Crippen LogP contribution in [0.15, 0.2) is 42.1 Å². The maximum Gasteiger partial charge on any atom is 0.329 e. The first-order valence-electron chi connectivity index (χ1n) is 7.43. The molecule has 0 aromatic heterocycles. The highest BCUT2D eigenvalue weighted by atomic mass is 35.5. The fourth-order valence-electron chi connectivity index (χ4n) is 2.56. The largest absolute Gasteiger partial charge is 0.506 e. The summed E-state index contributed by atoms with van der Waals surface area (Å²) >= 11 is 11.8. The van der Waals surface area contributed by atoms with Gasteiger partial charge in [0.05, 0.1) is 11.6 Å². The van der Waals surface area contributed by atoms with Gasteiger partial charge in [-0.1, -0.05) is 53.0 Å². The van der Waals surface area contributed by atoms with Gasteiger partial charge in [0, 0.05) is 10.6 Å². The number of halogens is 2. The van der Waals surface area contributed by atoms with E-state index in [4.69, 9.17) is 23.2 Å². The summed E-state index contributed by atoms with van der Waals surface area (Å²) in [6.07, 6.45) is 1.35. The topological polar surface area (TPSA) is 69.6 Å². The molecule has 0 spiro atoms. The molecule has 0 bridgehead atoms. The van der Waals surface area contributed by atoms with E-state index >= 15 is 0 Å². The molecule has 0 unspecified atom stereocenters. The van der Waals surface area contributed by atoms with E-state index in [1.54, 1.807) is 0 Å². The minimum atomic E-state index is -0.523. The summed E-state index contributed by atoms with van der Waals surface area (Å²) in [6.45, 7) is 2.10. The summed E-state index contributed by atoms with van der Waals surface area (Å²) in [7, 11) is 0. The number of phenols is 1. The lowest BCUT2D eigenvalue weighted by Gasteiger charge is -2.12. The van der Waals surface area contributed by atoms with Crippen molar-refractivity contribution in [3.63, 3.8) is 0 Å². The second kappa shape index (κ2) is 6.78. The van der Waals surface area contributed by atoms with Crippen LogP contribution in [0, 0.1) is 6.92 Å². The van der Waals surface area contributed by atoms with E-state index in [1.807, 2.05) is 31.2 Å². The van der Waals surface area contributed by atoms with Gasteiger partial charge in [-0.2, -0.15) is 0 Å². The van der Waals surface area contributed by atoms with Crippen LogP contribution in [-0.2, 0) is 11.3 Å². The van der Waals surface area contributed by atoms with E-state index in [0.29, 0.717) is 5.02 Å². The Bertz CT molecular complexity index is 909. The monoisotopic (exact) mass is 376 g/mol. The average Bonchev–Trinajstić information content (AvgIpc) is 2.80. The zero-order chi connectivity index (χ0) is 18.1. The fraction of sp³-hybridized carbons (Fsp3) is 0.111. The molecule has 0 saturated carbocycles. The molecule has 0 aliphatic carbocycles. The fourth-order valence-corrected chi connectivity index (χ4v) is 3.07. The molecular formula is C18H14Cl2N2O3. The summed E-state index contributed by atoms with van der Waals surface area (Å²) in [5.74, 6) is -0.695. The van der Waals surface area contributed by atoms with Crippen LogP contribution in [0.4, 0.5) is 4.79 Å². The van der Waals surface area contributed by atoms with Crippen LogP contribution in [-0.4, -0.2) is 21.9 Å². The molecule has 1 fully saturated rings. The van der Waals surface area contributed by atoms with Gasteiger partial charge < -0.3 is 10.4 Å². The molecule has 2 N–H and O–H groups in total. The summed E-state index contributed by atoms with van der Waals surface area (Å²) in [4.78, 5) is 25.8. The van der Waals surface area contributed by atoms with Crippen LogP contribution < -0.4 is 5.32 Å². The van der Waals surface area contributed by atoms with Gasteiger partial charge in [0.15, 0.2) is 0 Å². The maximum absolute atomic E-state index is 12.5.